The van der Waals surface area contributed by atoms with E-state index >= 15 is 0 Å². The summed E-state index contributed by atoms with van der Waals surface area (Å²) in [5, 5.41) is 15.1. The summed E-state index contributed by atoms with van der Waals surface area (Å²) in [6.07, 6.45) is 1.72. The zero-order valence-corrected chi connectivity index (χ0v) is 23.1. The average molecular weight is 571 g/mol. The Kier molecular flexibility index (Phi) is 7.27. The van der Waals surface area contributed by atoms with Crippen LogP contribution in [0, 0.1) is 18.0 Å². The molecule has 13 heteroatoms. The lowest BCUT2D eigenvalue weighted by atomic mass is 10.0. The van der Waals surface area contributed by atoms with Crippen molar-refractivity contribution in [3.05, 3.63) is 59.6 Å². The first-order valence-corrected chi connectivity index (χ1v) is 14.4. The second-order valence-electron chi connectivity index (χ2n) is 10.5. The van der Waals surface area contributed by atoms with Gasteiger partial charge >= 0.3 is 6.09 Å². The van der Waals surface area contributed by atoms with E-state index in [0.717, 1.165) is 22.1 Å². The molecule has 2 amide bonds. The van der Waals surface area contributed by atoms with Crippen LogP contribution in [0.1, 0.15) is 32.3 Å². The van der Waals surface area contributed by atoms with Crippen LogP contribution in [0.2, 0.25) is 0 Å². The molecule has 212 valence electrons. The van der Waals surface area contributed by atoms with Crippen LogP contribution in [-0.2, 0) is 19.6 Å². The van der Waals surface area contributed by atoms with Crippen molar-refractivity contribution in [3.8, 4) is 5.95 Å². The third-order valence-electron chi connectivity index (χ3n) is 7.30. The number of nitrogens with one attached hydrogen (secondary N) is 1. The van der Waals surface area contributed by atoms with Gasteiger partial charge in [-0.1, -0.05) is 32.0 Å². The number of hydrogen-bond acceptors (Lipinski definition) is 8. The summed E-state index contributed by atoms with van der Waals surface area (Å²) < 4.78 is 39.1. The molecule has 3 atom stereocenters. The summed E-state index contributed by atoms with van der Waals surface area (Å²) in [5.74, 6) is -0.894. The van der Waals surface area contributed by atoms with Crippen molar-refractivity contribution in [2.24, 2.45) is 5.92 Å². The summed E-state index contributed by atoms with van der Waals surface area (Å²) in [4.78, 5) is 40.8. The van der Waals surface area contributed by atoms with Crippen molar-refractivity contribution >= 4 is 38.8 Å². The first kappa shape index (κ1) is 27.6. The number of ether oxygens (including phenoxy) is 1. The molecule has 0 radical (unpaired) electrons. The van der Waals surface area contributed by atoms with E-state index in [-0.39, 0.29) is 36.1 Å². The van der Waals surface area contributed by atoms with Crippen LogP contribution in [0.25, 0.3) is 11.0 Å². The van der Waals surface area contributed by atoms with E-state index in [1.54, 1.807) is 19.1 Å². The second-order valence-corrected chi connectivity index (χ2v) is 12.4. The van der Waals surface area contributed by atoms with E-state index < -0.39 is 52.5 Å². The van der Waals surface area contributed by atoms with E-state index in [9.17, 15) is 28.0 Å². The number of hydrogen-bond donors (Lipinski definition) is 1. The molecule has 3 unspecified atom stereocenters. The number of likely N-dealkylation sites (tertiary alicyclic amines) is 1. The Morgan fingerprint density at radius 1 is 1.23 bits per heavy atom. The standard InChI is InChI=1S/C27H30N4O8S/c1-16(2)13-20(28-27(34)39-26-17(3)19-8-4-5-9-23(19)38-26)25(33)30-12-10-21-24(30)22(32)15-31(21)40(36,37)18-7-6-11-29(35)14-18/h4-9,11,14,16,20-21,24H,10,12-13,15H2,1-3H3,(H,28,34). The number of carbonyl (C=O) groups is 3. The highest BCUT2D eigenvalue weighted by Crippen LogP contribution is 2.35. The van der Waals surface area contributed by atoms with Crippen LogP contribution < -0.4 is 14.8 Å². The Labute approximate surface area is 231 Å². The van der Waals surface area contributed by atoms with Crippen LogP contribution >= 0.6 is 0 Å². The number of amides is 2. The van der Waals surface area contributed by atoms with Crippen molar-refractivity contribution < 1.29 is 36.7 Å². The molecule has 2 aliphatic rings. The SMILES string of the molecule is Cc1c(OC(=O)NC(CC(C)C)C(=O)N2CCC3C2C(=O)CN3S(=O)(=O)c2ccc[n+]([O-])c2)oc2ccccc12. The number of sulfonamides is 1. The highest BCUT2D eigenvalue weighted by molar-refractivity contribution is 7.89. The molecular weight excluding hydrogens is 540 g/mol. The number of rotatable bonds is 7. The number of Topliss-reactive ketones (excluding diaryl/α,β-unsaturated/α-hetero) is 1. The smallest absolute Gasteiger partial charge is 0.415 e. The van der Waals surface area contributed by atoms with Gasteiger partial charge in [0.2, 0.25) is 15.9 Å². The van der Waals surface area contributed by atoms with Gasteiger partial charge in [0.25, 0.3) is 5.95 Å². The molecule has 40 heavy (non-hydrogen) atoms. The highest BCUT2D eigenvalue weighted by atomic mass is 32.2. The molecule has 0 bridgehead atoms. The maximum atomic E-state index is 13.7. The number of benzene rings is 1. The van der Waals surface area contributed by atoms with Gasteiger partial charge in [-0.2, -0.15) is 9.04 Å². The first-order valence-electron chi connectivity index (χ1n) is 13.0. The third kappa shape index (κ3) is 5.02. The zero-order chi connectivity index (χ0) is 28.8. The van der Waals surface area contributed by atoms with Crippen LogP contribution in [0.15, 0.2) is 58.1 Å². The number of aryl methyl sites for hydroxylation is 1. The normalized spacial score (nSPS) is 20.2. The molecular formula is C27H30N4O8S. The number of fused-ring (bicyclic) bond motifs is 2. The van der Waals surface area contributed by atoms with E-state index in [1.807, 2.05) is 26.0 Å². The maximum absolute atomic E-state index is 13.7. The summed E-state index contributed by atoms with van der Waals surface area (Å²) in [7, 11) is -4.15. The van der Waals surface area contributed by atoms with Gasteiger partial charge in [0.1, 0.15) is 22.6 Å². The van der Waals surface area contributed by atoms with Gasteiger partial charge in [0.15, 0.2) is 18.2 Å². The van der Waals surface area contributed by atoms with Crippen molar-refractivity contribution in [1.82, 2.24) is 14.5 Å². The fourth-order valence-corrected chi connectivity index (χ4v) is 7.09. The van der Waals surface area contributed by atoms with Gasteiger partial charge in [-0.25, -0.2) is 13.2 Å². The molecule has 0 spiro atoms. The van der Waals surface area contributed by atoms with Crippen molar-refractivity contribution in [2.75, 3.05) is 13.1 Å². The molecule has 1 N–H and O–H groups in total. The number of nitrogens with zero attached hydrogens (tertiary/aromatic N) is 3. The highest BCUT2D eigenvalue weighted by Gasteiger charge is 2.54. The minimum atomic E-state index is -4.15. The zero-order valence-electron chi connectivity index (χ0n) is 22.3. The largest absolute Gasteiger partial charge is 0.619 e. The number of aromatic nitrogens is 1. The average Bonchev–Trinajstić information content (AvgIpc) is 3.57. The van der Waals surface area contributed by atoms with Gasteiger partial charge in [0.05, 0.1) is 12.6 Å². The Balaban J connectivity index is 1.33. The summed E-state index contributed by atoms with van der Waals surface area (Å²) in [6, 6.07) is 7.06. The van der Waals surface area contributed by atoms with E-state index in [0.29, 0.717) is 15.9 Å². The number of pyridine rings is 1. The molecule has 2 saturated heterocycles. The van der Waals surface area contributed by atoms with Gasteiger partial charge < -0.3 is 24.6 Å². The van der Waals surface area contributed by atoms with E-state index in [2.05, 4.69) is 5.32 Å². The predicted octanol–water partition coefficient (Wildman–Crippen LogP) is 2.12. The molecule has 2 fully saturated rings. The number of carbonyl (C=O) groups excluding carboxylic acids is 3. The Bertz CT molecular complexity index is 1580. The first-order chi connectivity index (χ1) is 19.0. The van der Waals surface area contributed by atoms with Crippen LogP contribution in [0.5, 0.6) is 5.95 Å². The summed E-state index contributed by atoms with van der Waals surface area (Å²) in [6.45, 7) is 5.26. The third-order valence-corrected chi connectivity index (χ3v) is 9.15. The molecule has 2 aliphatic heterocycles. The van der Waals surface area contributed by atoms with Gasteiger partial charge in [-0.15, -0.1) is 0 Å². The lowest BCUT2D eigenvalue weighted by Gasteiger charge is -2.28. The molecule has 1 aromatic carbocycles. The molecule has 0 saturated carbocycles. The van der Waals surface area contributed by atoms with Gasteiger partial charge in [-0.3, -0.25) is 9.59 Å². The number of ketones is 1. The lowest BCUT2D eigenvalue weighted by molar-refractivity contribution is -0.607. The van der Waals surface area contributed by atoms with Gasteiger partial charge in [0, 0.05) is 23.6 Å². The summed E-state index contributed by atoms with van der Waals surface area (Å²) >= 11 is 0. The Morgan fingerprint density at radius 3 is 2.67 bits per heavy atom. The van der Waals surface area contributed by atoms with Crippen LogP contribution in [0.3, 0.4) is 0 Å². The topological polar surface area (TPSA) is 153 Å². The molecule has 3 aromatic rings. The van der Waals surface area contributed by atoms with Crippen LogP contribution in [-0.4, -0.2) is 66.6 Å². The maximum Gasteiger partial charge on any atom is 0.415 e. The van der Waals surface area contributed by atoms with E-state index in [4.69, 9.17) is 9.15 Å². The summed E-state index contributed by atoms with van der Waals surface area (Å²) in [5.41, 5.74) is 1.19. The second kappa shape index (κ2) is 10.5. The van der Waals surface area contributed by atoms with Gasteiger partial charge in [-0.05, 0) is 37.8 Å². The Hall–Kier alpha value is -3.97. The molecule has 12 nitrogen and oxygen atoms in total. The molecule has 5 rings (SSSR count). The fourth-order valence-electron chi connectivity index (χ4n) is 5.46. The Morgan fingerprint density at radius 2 is 1.98 bits per heavy atom. The molecule has 0 aliphatic carbocycles. The monoisotopic (exact) mass is 570 g/mol. The van der Waals surface area contributed by atoms with E-state index in [1.165, 1.54) is 17.0 Å². The number of para-hydroxylation sites is 1. The molecule has 4 heterocycles. The quantitative estimate of drug-likeness (QED) is 0.335. The van der Waals surface area contributed by atoms with Crippen molar-refractivity contribution in [1.29, 1.82) is 0 Å². The minimum absolute atomic E-state index is 0.00797. The minimum Gasteiger partial charge on any atom is -0.619 e. The van der Waals surface area contributed by atoms with Crippen molar-refractivity contribution in [2.45, 2.75) is 56.6 Å². The van der Waals surface area contributed by atoms with Crippen molar-refractivity contribution in [3.63, 3.8) is 0 Å². The fraction of sp³-hybridized carbons (Fsp3) is 0.407. The lowest BCUT2D eigenvalue weighted by Crippen LogP contribution is -2.53. The number of furan rings is 1. The predicted molar refractivity (Wildman–Crippen MR) is 142 cm³/mol. The molecule has 2 aromatic heterocycles. The van der Waals surface area contributed by atoms with Crippen LogP contribution in [0.4, 0.5) is 4.79 Å².